The van der Waals surface area contributed by atoms with Crippen LogP contribution in [0.15, 0.2) is 48.5 Å². The summed E-state index contributed by atoms with van der Waals surface area (Å²) in [4.78, 5) is 12.3. The summed E-state index contributed by atoms with van der Waals surface area (Å²) in [7, 11) is -1.22. The SMILES string of the molecule is CN(C)S(=O)(=O)N(CC(=O)NCc1ccccc1Cl)c1ccc(F)cc1. The number of carbonyl (C=O) groups is 1. The third-order valence-corrected chi connectivity index (χ3v) is 5.76. The molecule has 0 spiro atoms. The van der Waals surface area contributed by atoms with Crippen LogP contribution in [-0.2, 0) is 21.5 Å². The van der Waals surface area contributed by atoms with E-state index >= 15 is 0 Å². The van der Waals surface area contributed by atoms with Gasteiger partial charge in [-0.05, 0) is 35.9 Å². The lowest BCUT2D eigenvalue weighted by Gasteiger charge is -2.27. The highest BCUT2D eigenvalue weighted by Gasteiger charge is 2.27. The third-order valence-electron chi connectivity index (χ3n) is 3.58. The summed E-state index contributed by atoms with van der Waals surface area (Å²) in [6, 6.07) is 11.9. The topological polar surface area (TPSA) is 69.7 Å². The lowest BCUT2D eigenvalue weighted by atomic mass is 10.2. The van der Waals surface area contributed by atoms with Crippen LogP contribution in [0.1, 0.15) is 5.56 Å². The van der Waals surface area contributed by atoms with Crippen LogP contribution in [0.4, 0.5) is 10.1 Å². The van der Waals surface area contributed by atoms with Crippen molar-refractivity contribution in [3.8, 4) is 0 Å². The average molecular weight is 400 g/mol. The summed E-state index contributed by atoms with van der Waals surface area (Å²) in [5.41, 5.74) is 0.902. The van der Waals surface area contributed by atoms with Crippen LogP contribution in [0.2, 0.25) is 5.02 Å². The molecule has 0 heterocycles. The summed E-state index contributed by atoms with van der Waals surface area (Å²) in [5, 5.41) is 3.14. The monoisotopic (exact) mass is 399 g/mol. The van der Waals surface area contributed by atoms with E-state index in [9.17, 15) is 17.6 Å². The Labute approximate surface area is 157 Å². The second-order valence-corrected chi connectivity index (χ2v) is 8.12. The average Bonchev–Trinajstić information content (AvgIpc) is 2.59. The molecule has 0 aliphatic heterocycles. The fourth-order valence-electron chi connectivity index (χ4n) is 2.13. The number of nitrogens with one attached hydrogen (secondary N) is 1. The van der Waals surface area contributed by atoms with Gasteiger partial charge in [-0.15, -0.1) is 0 Å². The molecule has 2 aromatic carbocycles. The number of amides is 1. The highest BCUT2D eigenvalue weighted by atomic mass is 35.5. The molecular formula is C17H19ClFN3O3S. The van der Waals surface area contributed by atoms with E-state index < -0.39 is 28.5 Å². The molecule has 0 aromatic heterocycles. The molecule has 0 aliphatic carbocycles. The number of hydrogen-bond acceptors (Lipinski definition) is 3. The summed E-state index contributed by atoms with van der Waals surface area (Å²) < 4.78 is 40.1. The molecule has 1 N–H and O–H groups in total. The fraction of sp³-hybridized carbons (Fsp3) is 0.235. The van der Waals surface area contributed by atoms with Crippen molar-refractivity contribution in [1.82, 2.24) is 9.62 Å². The van der Waals surface area contributed by atoms with Gasteiger partial charge in [-0.2, -0.15) is 12.7 Å². The predicted octanol–water partition coefficient (Wildman–Crippen LogP) is 2.41. The van der Waals surface area contributed by atoms with Gasteiger partial charge in [0.2, 0.25) is 5.91 Å². The summed E-state index contributed by atoms with van der Waals surface area (Å²) in [6.45, 7) is -0.283. The normalized spacial score (nSPS) is 11.4. The second-order valence-electron chi connectivity index (χ2n) is 5.64. The van der Waals surface area contributed by atoms with Crippen molar-refractivity contribution in [1.29, 1.82) is 0 Å². The molecule has 0 saturated heterocycles. The van der Waals surface area contributed by atoms with Crippen LogP contribution in [-0.4, -0.2) is 39.3 Å². The van der Waals surface area contributed by atoms with Crippen LogP contribution in [0, 0.1) is 5.82 Å². The minimum Gasteiger partial charge on any atom is -0.350 e. The maximum absolute atomic E-state index is 13.1. The fourth-order valence-corrected chi connectivity index (χ4v) is 3.40. The largest absolute Gasteiger partial charge is 0.350 e. The first-order valence-electron chi connectivity index (χ1n) is 7.67. The molecule has 26 heavy (non-hydrogen) atoms. The molecule has 0 aliphatic rings. The Hall–Kier alpha value is -2.16. The Morgan fingerprint density at radius 2 is 1.73 bits per heavy atom. The molecule has 1 amide bonds. The van der Waals surface area contributed by atoms with Gasteiger partial charge in [0.1, 0.15) is 12.4 Å². The van der Waals surface area contributed by atoms with Crippen LogP contribution in [0.5, 0.6) is 0 Å². The standard InChI is InChI=1S/C17H19ClFN3O3S/c1-21(2)26(24,25)22(15-9-7-14(19)8-10-15)12-17(23)20-11-13-5-3-4-6-16(13)18/h3-10H,11-12H2,1-2H3,(H,20,23). The Morgan fingerprint density at radius 1 is 1.12 bits per heavy atom. The van der Waals surface area contributed by atoms with Crippen LogP contribution >= 0.6 is 11.6 Å². The van der Waals surface area contributed by atoms with Crippen LogP contribution in [0.3, 0.4) is 0 Å². The lowest BCUT2D eigenvalue weighted by Crippen LogP contribution is -2.45. The van der Waals surface area contributed by atoms with Crippen molar-refractivity contribution in [3.63, 3.8) is 0 Å². The summed E-state index contributed by atoms with van der Waals surface area (Å²) in [5.74, 6) is -1.02. The summed E-state index contributed by atoms with van der Waals surface area (Å²) in [6.07, 6.45) is 0. The van der Waals surface area contributed by atoms with E-state index in [0.717, 1.165) is 20.7 Å². The molecule has 0 unspecified atom stereocenters. The maximum Gasteiger partial charge on any atom is 0.304 e. The molecule has 140 valence electrons. The maximum atomic E-state index is 13.1. The van der Waals surface area contributed by atoms with E-state index in [0.29, 0.717) is 10.6 Å². The zero-order valence-electron chi connectivity index (χ0n) is 14.3. The molecule has 0 atom stereocenters. The molecule has 9 heteroatoms. The Morgan fingerprint density at radius 3 is 2.31 bits per heavy atom. The van der Waals surface area contributed by atoms with Gasteiger partial charge in [-0.25, -0.2) is 8.70 Å². The third kappa shape index (κ3) is 4.94. The lowest BCUT2D eigenvalue weighted by molar-refractivity contribution is -0.119. The highest BCUT2D eigenvalue weighted by molar-refractivity contribution is 7.90. The van der Waals surface area contributed by atoms with E-state index in [1.807, 2.05) is 0 Å². The predicted molar refractivity (Wildman–Crippen MR) is 99.7 cm³/mol. The first-order valence-corrected chi connectivity index (χ1v) is 9.45. The van der Waals surface area contributed by atoms with E-state index in [1.54, 1.807) is 24.3 Å². The van der Waals surface area contributed by atoms with Gasteiger partial charge >= 0.3 is 10.2 Å². The van der Waals surface area contributed by atoms with Gasteiger partial charge in [0.25, 0.3) is 0 Å². The highest BCUT2D eigenvalue weighted by Crippen LogP contribution is 2.20. The second kappa shape index (κ2) is 8.48. The Balaban J connectivity index is 2.17. The van der Waals surface area contributed by atoms with Crippen molar-refractivity contribution < 1.29 is 17.6 Å². The van der Waals surface area contributed by atoms with Gasteiger partial charge < -0.3 is 5.32 Å². The van der Waals surface area contributed by atoms with Crippen molar-refractivity contribution in [2.75, 3.05) is 24.9 Å². The Kier molecular flexibility index (Phi) is 6.57. The molecule has 2 rings (SSSR count). The van der Waals surface area contributed by atoms with Crippen LogP contribution < -0.4 is 9.62 Å². The number of rotatable bonds is 7. The molecular weight excluding hydrogens is 381 g/mol. The van der Waals surface area contributed by atoms with Crippen LogP contribution in [0.25, 0.3) is 0 Å². The number of hydrogen-bond donors (Lipinski definition) is 1. The van der Waals surface area contributed by atoms with Gasteiger partial charge in [-0.1, -0.05) is 29.8 Å². The van der Waals surface area contributed by atoms with Gasteiger partial charge in [-0.3, -0.25) is 4.79 Å². The van der Waals surface area contributed by atoms with Gasteiger partial charge in [0, 0.05) is 25.7 Å². The first kappa shape index (κ1) is 20.2. The number of nitrogens with zero attached hydrogens (tertiary/aromatic N) is 2. The smallest absolute Gasteiger partial charge is 0.304 e. The number of carbonyl (C=O) groups excluding carboxylic acids is 1. The molecule has 2 aromatic rings. The van der Waals surface area contributed by atoms with Crippen molar-refractivity contribution in [2.45, 2.75) is 6.54 Å². The molecule has 0 saturated carbocycles. The van der Waals surface area contributed by atoms with Crippen molar-refractivity contribution in [2.24, 2.45) is 0 Å². The molecule has 0 fully saturated rings. The van der Waals surface area contributed by atoms with Crippen molar-refractivity contribution in [3.05, 3.63) is 64.9 Å². The molecule has 0 bridgehead atoms. The first-order chi connectivity index (χ1) is 12.2. The zero-order chi connectivity index (χ0) is 19.3. The van der Waals surface area contributed by atoms with Crippen molar-refractivity contribution >= 4 is 33.4 Å². The van der Waals surface area contributed by atoms with E-state index in [1.165, 1.54) is 26.2 Å². The minimum atomic E-state index is -3.93. The minimum absolute atomic E-state index is 0.164. The van der Waals surface area contributed by atoms with Gasteiger partial charge in [0.15, 0.2) is 0 Å². The number of benzene rings is 2. The molecule has 0 radical (unpaired) electrons. The quantitative estimate of drug-likeness (QED) is 0.777. The Bertz CT molecular complexity index is 873. The van der Waals surface area contributed by atoms with E-state index in [4.69, 9.17) is 11.6 Å². The molecule has 6 nitrogen and oxygen atoms in total. The number of halogens is 2. The van der Waals surface area contributed by atoms with Gasteiger partial charge in [0.05, 0.1) is 5.69 Å². The van der Waals surface area contributed by atoms with E-state index in [-0.39, 0.29) is 12.2 Å². The number of anilines is 1. The zero-order valence-corrected chi connectivity index (χ0v) is 15.9. The summed E-state index contributed by atoms with van der Waals surface area (Å²) >= 11 is 6.04. The van der Waals surface area contributed by atoms with E-state index in [2.05, 4.69) is 5.32 Å².